The number of amides is 1. The first kappa shape index (κ1) is 14.3. The van der Waals surface area contributed by atoms with Crippen molar-refractivity contribution in [3.05, 3.63) is 35.5 Å². The largest absolute Gasteiger partial charge is 0.368 e. The van der Waals surface area contributed by atoms with Gasteiger partial charge in [0, 0.05) is 17.6 Å². The normalized spacial score (nSPS) is 17.7. The van der Waals surface area contributed by atoms with Gasteiger partial charge >= 0.3 is 0 Å². The van der Waals surface area contributed by atoms with Crippen LogP contribution in [-0.2, 0) is 9.53 Å². The SMILES string of the molecule is O=C(Nc1nc2scc(-c3ccc(F)cc3)n2n1)C1CCCO1. The molecule has 3 aromatic rings. The molecule has 0 bridgehead atoms. The molecule has 1 aliphatic rings. The molecule has 1 saturated heterocycles. The highest BCUT2D eigenvalue weighted by molar-refractivity contribution is 7.15. The number of carbonyl (C=O) groups excluding carboxylic acids is 1. The van der Waals surface area contributed by atoms with Gasteiger partial charge in [-0.2, -0.15) is 4.98 Å². The van der Waals surface area contributed by atoms with Crippen molar-refractivity contribution in [2.45, 2.75) is 18.9 Å². The first-order valence-electron chi connectivity index (χ1n) is 7.23. The van der Waals surface area contributed by atoms with Crippen molar-refractivity contribution in [3.8, 4) is 11.3 Å². The Balaban J connectivity index is 1.61. The van der Waals surface area contributed by atoms with Gasteiger partial charge in [-0.25, -0.2) is 8.91 Å². The van der Waals surface area contributed by atoms with Crippen LogP contribution in [0.3, 0.4) is 0 Å². The van der Waals surface area contributed by atoms with Gasteiger partial charge in [0.1, 0.15) is 11.9 Å². The second-order valence-electron chi connectivity index (χ2n) is 5.25. The van der Waals surface area contributed by atoms with E-state index in [0.717, 1.165) is 24.1 Å². The van der Waals surface area contributed by atoms with Gasteiger partial charge in [-0.15, -0.1) is 16.4 Å². The number of ether oxygens (including phenoxy) is 1. The lowest BCUT2D eigenvalue weighted by Crippen LogP contribution is -2.27. The smallest absolute Gasteiger partial charge is 0.255 e. The zero-order chi connectivity index (χ0) is 15.8. The fourth-order valence-electron chi connectivity index (χ4n) is 2.53. The number of carbonyl (C=O) groups is 1. The molecule has 1 fully saturated rings. The molecule has 0 radical (unpaired) electrons. The maximum atomic E-state index is 13.0. The zero-order valence-electron chi connectivity index (χ0n) is 12.0. The molecule has 1 atom stereocenters. The number of thiazole rings is 1. The van der Waals surface area contributed by atoms with E-state index >= 15 is 0 Å². The molecular weight excluding hydrogens is 319 g/mol. The van der Waals surface area contributed by atoms with Crippen LogP contribution in [0, 0.1) is 5.82 Å². The molecule has 0 aliphatic carbocycles. The molecule has 118 valence electrons. The van der Waals surface area contributed by atoms with Crippen molar-refractivity contribution in [1.29, 1.82) is 0 Å². The molecule has 3 heterocycles. The van der Waals surface area contributed by atoms with E-state index in [2.05, 4.69) is 15.4 Å². The van der Waals surface area contributed by atoms with Gasteiger partial charge in [-0.05, 0) is 37.1 Å². The van der Waals surface area contributed by atoms with Gasteiger partial charge < -0.3 is 4.74 Å². The Labute approximate surface area is 134 Å². The number of nitrogens with one attached hydrogen (secondary N) is 1. The van der Waals surface area contributed by atoms with Crippen LogP contribution >= 0.6 is 11.3 Å². The average molecular weight is 332 g/mol. The van der Waals surface area contributed by atoms with Gasteiger partial charge in [-0.3, -0.25) is 10.1 Å². The Morgan fingerprint density at radius 3 is 2.96 bits per heavy atom. The first-order valence-corrected chi connectivity index (χ1v) is 8.11. The number of benzene rings is 1. The highest BCUT2D eigenvalue weighted by Crippen LogP contribution is 2.26. The van der Waals surface area contributed by atoms with Crippen LogP contribution in [0.1, 0.15) is 12.8 Å². The van der Waals surface area contributed by atoms with Gasteiger partial charge in [-0.1, -0.05) is 0 Å². The fraction of sp³-hybridized carbons (Fsp3) is 0.267. The lowest BCUT2D eigenvalue weighted by molar-refractivity contribution is -0.124. The molecule has 1 unspecified atom stereocenters. The molecule has 8 heteroatoms. The van der Waals surface area contributed by atoms with Crippen molar-refractivity contribution < 1.29 is 13.9 Å². The summed E-state index contributed by atoms with van der Waals surface area (Å²) in [7, 11) is 0. The van der Waals surface area contributed by atoms with Crippen LogP contribution in [0.25, 0.3) is 16.2 Å². The van der Waals surface area contributed by atoms with Crippen LogP contribution in [0.2, 0.25) is 0 Å². The van der Waals surface area contributed by atoms with Crippen LogP contribution in [0.5, 0.6) is 0 Å². The summed E-state index contributed by atoms with van der Waals surface area (Å²) in [5, 5.41) is 8.90. The molecule has 1 N–H and O–H groups in total. The summed E-state index contributed by atoms with van der Waals surface area (Å²) in [4.78, 5) is 17.0. The summed E-state index contributed by atoms with van der Waals surface area (Å²) in [5.74, 6) is -0.256. The number of aromatic nitrogens is 3. The van der Waals surface area contributed by atoms with E-state index in [9.17, 15) is 9.18 Å². The minimum atomic E-state index is -0.423. The monoisotopic (exact) mass is 332 g/mol. The van der Waals surface area contributed by atoms with Gasteiger partial charge in [0.2, 0.25) is 4.96 Å². The highest BCUT2D eigenvalue weighted by Gasteiger charge is 2.25. The van der Waals surface area contributed by atoms with Gasteiger partial charge in [0.05, 0.1) is 5.69 Å². The van der Waals surface area contributed by atoms with Crippen LogP contribution in [-0.4, -0.2) is 33.2 Å². The minimum Gasteiger partial charge on any atom is -0.368 e. The second-order valence-corrected chi connectivity index (χ2v) is 6.09. The third-order valence-corrected chi connectivity index (χ3v) is 4.49. The predicted octanol–water partition coefficient (Wildman–Crippen LogP) is 2.71. The Kier molecular flexibility index (Phi) is 3.55. The zero-order valence-corrected chi connectivity index (χ0v) is 12.8. The number of hydrogen-bond donors (Lipinski definition) is 1. The molecular formula is C15H13FN4O2S. The van der Waals surface area contributed by atoms with E-state index in [1.165, 1.54) is 23.5 Å². The first-order chi connectivity index (χ1) is 11.2. The number of hydrogen-bond acceptors (Lipinski definition) is 5. The summed E-state index contributed by atoms with van der Waals surface area (Å²) < 4.78 is 20.0. The molecule has 0 saturated carbocycles. The molecule has 4 rings (SSSR count). The van der Waals surface area contributed by atoms with Crippen molar-refractivity contribution in [2.75, 3.05) is 11.9 Å². The van der Waals surface area contributed by atoms with Crippen molar-refractivity contribution in [1.82, 2.24) is 14.6 Å². The fourth-order valence-corrected chi connectivity index (χ4v) is 3.36. The van der Waals surface area contributed by atoms with Crippen LogP contribution in [0.4, 0.5) is 10.3 Å². The minimum absolute atomic E-state index is 0.218. The van der Waals surface area contributed by atoms with E-state index in [1.807, 2.05) is 5.38 Å². The van der Waals surface area contributed by atoms with E-state index < -0.39 is 6.10 Å². The van der Waals surface area contributed by atoms with E-state index in [1.54, 1.807) is 16.6 Å². The quantitative estimate of drug-likeness (QED) is 0.801. The van der Waals surface area contributed by atoms with Gasteiger partial charge in [0.25, 0.3) is 11.9 Å². The maximum absolute atomic E-state index is 13.0. The predicted molar refractivity (Wildman–Crippen MR) is 83.9 cm³/mol. The van der Waals surface area contributed by atoms with Crippen LogP contribution < -0.4 is 5.32 Å². The molecule has 1 aromatic carbocycles. The molecule has 1 amide bonds. The summed E-state index contributed by atoms with van der Waals surface area (Å²) in [6.45, 7) is 0.610. The Bertz CT molecular complexity index is 852. The number of nitrogens with zero attached hydrogens (tertiary/aromatic N) is 3. The average Bonchev–Trinajstić information content (AvgIpc) is 3.24. The van der Waals surface area contributed by atoms with E-state index in [-0.39, 0.29) is 17.7 Å². The highest BCUT2D eigenvalue weighted by atomic mass is 32.1. The lowest BCUT2D eigenvalue weighted by atomic mass is 10.2. The van der Waals surface area contributed by atoms with Crippen LogP contribution in [0.15, 0.2) is 29.6 Å². The number of halogens is 1. The summed E-state index contributed by atoms with van der Waals surface area (Å²) >= 11 is 1.41. The summed E-state index contributed by atoms with van der Waals surface area (Å²) in [5.41, 5.74) is 1.63. The third-order valence-electron chi connectivity index (χ3n) is 3.68. The molecule has 1 aliphatic heterocycles. The molecule has 0 spiro atoms. The summed E-state index contributed by atoms with van der Waals surface area (Å²) in [6.07, 6.45) is 1.18. The molecule has 23 heavy (non-hydrogen) atoms. The van der Waals surface area contributed by atoms with Crippen molar-refractivity contribution in [2.24, 2.45) is 0 Å². The lowest BCUT2D eigenvalue weighted by Gasteiger charge is -2.06. The maximum Gasteiger partial charge on any atom is 0.255 e. The number of anilines is 1. The second kappa shape index (κ2) is 5.71. The molecule has 6 nitrogen and oxygen atoms in total. The standard InChI is InChI=1S/C15H13FN4O2S/c16-10-5-3-9(4-6-10)11-8-23-15-18-14(19-20(11)15)17-13(21)12-2-1-7-22-12/h3-6,8,12H,1-2,7H2,(H,17,19,21). The van der Waals surface area contributed by atoms with Gasteiger partial charge in [0.15, 0.2) is 0 Å². The topological polar surface area (TPSA) is 68.5 Å². The Hall–Kier alpha value is -2.32. The Morgan fingerprint density at radius 1 is 1.39 bits per heavy atom. The van der Waals surface area contributed by atoms with E-state index in [0.29, 0.717) is 11.6 Å². The van der Waals surface area contributed by atoms with E-state index in [4.69, 9.17) is 4.74 Å². The number of fused-ring (bicyclic) bond motifs is 1. The Morgan fingerprint density at radius 2 is 2.22 bits per heavy atom. The van der Waals surface area contributed by atoms with Crippen molar-refractivity contribution >= 4 is 28.2 Å². The number of rotatable bonds is 3. The van der Waals surface area contributed by atoms with Crippen molar-refractivity contribution in [3.63, 3.8) is 0 Å². The molecule has 2 aromatic heterocycles. The summed E-state index contributed by atoms with van der Waals surface area (Å²) in [6, 6.07) is 6.16. The third kappa shape index (κ3) is 2.71.